The highest BCUT2D eigenvalue weighted by atomic mass is 19.3. The number of hydrogen-bond acceptors (Lipinski definition) is 4. The van der Waals surface area contributed by atoms with Gasteiger partial charge in [-0.05, 0) is 32.0 Å². The second-order valence-electron chi connectivity index (χ2n) is 3.52. The van der Waals surface area contributed by atoms with Gasteiger partial charge in [-0.2, -0.15) is 8.78 Å². The van der Waals surface area contributed by atoms with Crippen molar-refractivity contribution >= 4 is 5.97 Å². The van der Waals surface area contributed by atoms with Crippen molar-refractivity contribution in [1.29, 1.82) is 0 Å². The van der Waals surface area contributed by atoms with E-state index in [2.05, 4.69) is 4.74 Å². The Morgan fingerprint density at radius 3 is 2.47 bits per heavy atom. The second-order valence-corrected chi connectivity index (χ2v) is 3.52. The van der Waals surface area contributed by atoms with Crippen LogP contribution in [-0.2, 0) is 4.74 Å². The lowest BCUT2D eigenvalue weighted by Crippen LogP contribution is -2.11. The van der Waals surface area contributed by atoms with Gasteiger partial charge in [0.2, 0.25) is 0 Å². The third-order valence-corrected chi connectivity index (χ3v) is 1.75. The summed E-state index contributed by atoms with van der Waals surface area (Å²) in [6, 6.07) is 3.34. The van der Waals surface area contributed by atoms with E-state index in [0.29, 0.717) is 0 Å². The standard InChI is InChI=1S/C11H12F2O4/c1-6(2)16-10(15)7-3-4-9(8(14)5-7)17-11(12)13/h3-6,11,14H,1-2H3. The van der Waals surface area contributed by atoms with E-state index < -0.39 is 18.3 Å². The monoisotopic (exact) mass is 246 g/mol. The van der Waals surface area contributed by atoms with E-state index >= 15 is 0 Å². The molecular formula is C11H12F2O4. The van der Waals surface area contributed by atoms with Crippen molar-refractivity contribution in [1.82, 2.24) is 0 Å². The highest BCUT2D eigenvalue weighted by molar-refractivity contribution is 5.90. The molecule has 0 saturated heterocycles. The molecule has 0 spiro atoms. The van der Waals surface area contributed by atoms with Gasteiger partial charge in [0.15, 0.2) is 11.5 Å². The zero-order valence-corrected chi connectivity index (χ0v) is 9.31. The average Bonchev–Trinajstić information content (AvgIpc) is 2.19. The minimum atomic E-state index is -3.03. The molecule has 0 bridgehead atoms. The molecule has 1 N–H and O–H groups in total. The number of alkyl halides is 2. The predicted molar refractivity (Wildman–Crippen MR) is 55.3 cm³/mol. The van der Waals surface area contributed by atoms with Crippen LogP contribution < -0.4 is 4.74 Å². The van der Waals surface area contributed by atoms with Crippen molar-refractivity contribution in [2.75, 3.05) is 0 Å². The number of aromatic hydroxyl groups is 1. The summed E-state index contributed by atoms with van der Waals surface area (Å²) in [6.07, 6.45) is -0.304. The summed E-state index contributed by atoms with van der Waals surface area (Å²) in [7, 11) is 0. The summed E-state index contributed by atoms with van der Waals surface area (Å²) in [5.41, 5.74) is 0.0674. The molecule has 94 valence electrons. The average molecular weight is 246 g/mol. The quantitative estimate of drug-likeness (QED) is 0.829. The lowest BCUT2D eigenvalue weighted by molar-refractivity contribution is -0.0512. The highest BCUT2D eigenvalue weighted by Gasteiger charge is 2.14. The molecule has 0 aromatic heterocycles. The predicted octanol–water partition coefficient (Wildman–Crippen LogP) is 2.56. The Morgan fingerprint density at radius 2 is 2.00 bits per heavy atom. The molecule has 6 heteroatoms. The van der Waals surface area contributed by atoms with Crippen molar-refractivity contribution in [2.45, 2.75) is 26.6 Å². The SMILES string of the molecule is CC(C)OC(=O)c1ccc(OC(F)F)c(O)c1. The van der Waals surface area contributed by atoms with Crippen molar-refractivity contribution in [3.05, 3.63) is 23.8 Å². The molecule has 1 rings (SSSR count). The smallest absolute Gasteiger partial charge is 0.387 e. The van der Waals surface area contributed by atoms with Crippen LogP contribution in [0.2, 0.25) is 0 Å². The Kier molecular flexibility index (Phi) is 4.25. The third kappa shape index (κ3) is 3.90. The maximum atomic E-state index is 11.9. The van der Waals surface area contributed by atoms with E-state index in [1.807, 2.05) is 0 Å². The molecule has 0 aliphatic carbocycles. The van der Waals surface area contributed by atoms with E-state index in [4.69, 9.17) is 4.74 Å². The molecule has 0 amide bonds. The van der Waals surface area contributed by atoms with Gasteiger partial charge in [-0.3, -0.25) is 0 Å². The van der Waals surface area contributed by atoms with Crippen LogP contribution in [0.3, 0.4) is 0 Å². The summed E-state index contributed by atoms with van der Waals surface area (Å²) in [5.74, 6) is -1.57. The summed E-state index contributed by atoms with van der Waals surface area (Å²) >= 11 is 0. The third-order valence-electron chi connectivity index (χ3n) is 1.75. The topological polar surface area (TPSA) is 55.8 Å². The van der Waals surface area contributed by atoms with Crippen LogP contribution in [0.1, 0.15) is 24.2 Å². The highest BCUT2D eigenvalue weighted by Crippen LogP contribution is 2.28. The first-order chi connectivity index (χ1) is 7.90. The van der Waals surface area contributed by atoms with Crippen LogP contribution in [0.5, 0.6) is 11.5 Å². The summed E-state index contributed by atoms with van der Waals surface area (Å²) in [6.45, 7) is 0.312. The molecule has 17 heavy (non-hydrogen) atoms. The van der Waals surface area contributed by atoms with Gasteiger partial charge < -0.3 is 14.6 Å². The number of carbonyl (C=O) groups excluding carboxylic acids is 1. The molecule has 1 aromatic rings. The molecule has 4 nitrogen and oxygen atoms in total. The largest absolute Gasteiger partial charge is 0.504 e. The number of benzene rings is 1. The zero-order valence-electron chi connectivity index (χ0n) is 9.31. The molecule has 0 atom stereocenters. The number of ether oxygens (including phenoxy) is 2. The number of halogens is 2. The van der Waals surface area contributed by atoms with E-state index in [1.165, 1.54) is 6.07 Å². The first kappa shape index (κ1) is 13.2. The molecule has 1 aromatic carbocycles. The maximum absolute atomic E-state index is 11.9. The fraction of sp³-hybridized carbons (Fsp3) is 0.364. The fourth-order valence-electron chi connectivity index (χ4n) is 1.12. The van der Waals surface area contributed by atoms with Crippen LogP contribution in [-0.4, -0.2) is 23.8 Å². The van der Waals surface area contributed by atoms with Gasteiger partial charge in [-0.25, -0.2) is 4.79 Å². The van der Waals surface area contributed by atoms with Crippen LogP contribution in [0.4, 0.5) is 8.78 Å². The van der Waals surface area contributed by atoms with E-state index in [1.54, 1.807) is 13.8 Å². The Labute approximate surface area is 96.8 Å². The first-order valence-corrected chi connectivity index (χ1v) is 4.89. The molecule has 0 unspecified atom stereocenters. The normalized spacial score (nSPS) is 10.7. The molecule has 0 aliphatic rings. The van der Waals surface area contributed by atoms with Gasteiger partial charge in [0.25, 0.3) is 0 Å². The van der Waals surface area contributed by atoms with Gasteiger partial charge in [-0.1, -0.05) is 0 Å². The molecule has 0 radical (unpaired) electrons. The molecule has 0 aliphatic heterocycles. The minimum Gasteiger partial charge on any atom is -0.504 e. The number of rotatable bonds is 4. The fourth-order valence-corrected chi connectivity index (χ4v) is 1.12. The maximum Gasteiger partial charge on any atom is 0.387 e. The summed E-state index contributed by atoms with van der Waals surface area (Å²) in [4.78, 5) is 11.4. The van der Waals surface area contributed by atoms with Crippen LogP contribution >= 0.6 is 0 Å². The summed E-state index contributed by atoms with van der Waals surface area (Å²) in [5, 5.41) is 9.36. The summed E-state index contributed by atoms with van der Waals surface area (Å²) < 4.78 is 32.7. The molecule has 0 saturated carbocycles. The Balaban J connectivity index is 2.85. The molecule has 0 fully saturated rings. The van der Waals surface area contributed by atoms with Gasteiger partial charge in [0.1, 0.15) is 0 Å². The zero-order chi connectivity index (χ0) is 13.0. The Morgan fingerprint density at radius 1 is 1.35 bits per heavy atom. The number of esters is 1. The van der Waals surface area contributed by atoms with Gasteiger partial charge >= 0.3 is 12.6 Å². The number of hydrogen-bond donors (Lipinski definition) is 1. The Bertz CT molecular complexity index is 404. The van der Waals surface area contributed by atoms with Crippen LogP contribution in [0.25, 0.3) is 0 Å². The Hall–Kier alpha value is -1.85. The minimum absolute atomic E-state index is 0.0674. The number of carbonyl (C=O) groups is 1. The molecule has 0 heterocycles. The lowest BCUT2D eigenvalue weighted by Gasteiger charge is -2.10. The lowest BCUT2D eigenvalue weighted by atomic mass is 10.2. The van der Waals surface area contributed by atoms with Crippen molar-refractivity contribution in [2.24, 2.45) is 0 Å². The number of phenols is 1. The van der Waals surface area contributed by atoms with Gasteiger partial charge in [0.05, 0.1) is 11.7 Å². The van der Waals surface area contributed by atoms with Crippen molar-refractivity contribution in [3.8, 4) is 11.5 Å². The van der Waals surface area contributed by atoms with Gasteiger partial charge in [0, 0.05) is 0 Å². The first-order valence-electron chi connectivity index (χ1n) is 4.89. The van der Waals surface area contributed by atoms with E-state index in [-0.39, 0.29) is 17.4 Å². The molecular weight excluding hydrogens is 234 g/mol. The number of phenolic OH excluding ortho intramolecular Hbond substituents is 1. The van der Waals surface area contributed by atoms with Gasteiger partial charge in [-0.15, -0.1) is 0 Å². The van der Waals surface area contributed by atoms with Crippen LogP contribution in [0.15, 0.2) is 18.2 Å². The van der Waals surface area contributed by atoms with E-state index in [9.17, 15) is 18.7 Å². The van der Waals surface area contributed by atoms with Crippen molar-refractivity contribution in [3.63, 3.8) is 0 Å². The van der Waals surface area contributed by atoms with Crippen molar-refractivity contribution < 1.29 is 28.2 Å². The van der Waals surface area contributed by atoms with E-state index in [0.717, 1.165) is 12.1 Å². The van der Waals surface area contributed by atoms with Crippen LogP contribution in [0, 0.1) is 0 Å². The second kappa shape index (κ2) is 5.47.